The maximum Gasteiger partial charge on any atom is 0.125 e. The first-order valence-corrected chi connectivity index (χ1v) is 2.91. The van der Waals surface area contributed by atoms with Crippen LogP contribution in [0.15, 0.2) is 0 Å². The monoisotopic (exact) mass is 114 g/mol. The van der Waals surface area contributed by atoms with Crippen LogP contribution in [0.4, 0.5) is 0 Å². The molecule has 0 saturated carbocycles. The third-order valence-electron chi connectivity index (χ3n) is 1.61. The topological polar surface area (TPSA) is 26.3 Å². The second kappa shape index (κ2) is 2.27. The van der Waals surface area contributed by atoms with Gasteiger partial charge >= 0.3 is 0 Å². The average Bonchev–Trinajstić information content (AvgIpc) is 2.14. The van der Waals surface area contributed by atoms with Gasteiger partial charge in [-0.15, -0.1) is 0 Å². The first-order chi connectivity index (χ1) is 3.84. The van der Waals surface area contributed by atoms with Crippen molar-refractivity contribution >= 4 is 6.29 Å². The molecule has 1 fully saturated rings. The van der Waals surface area contributed by atoms with Gasteiger partial charge < -0.3 is 9.53 Å². The van der Waals surface area contributed by atoms with Gasteiger partial charge in [0.1, 0.15) is 6.29 Å². The van der Waals surface area contributed by atoms with Crippen molar-refractivity contribution in [2.24, 2.45) is 5.92 Å². The fourth-order valence-corrected chi connectivity index (χ4v) is 0.927. The predicted octanol–water partition coefficient (Wildman–Crippen LogP) is 0.610. The number of hydrogen-bond donors (Lipinski definition) is 0. The Hall–Kier alpha value is -0.370. The van der Waals surface area contributed by atoms with E-state index in [2.05, 4.69) is 0 Å². The molecule has 1 aliphatic heterocycles. The summed E-state index contributed by atoms with van der Waals surface area (Å²) in [4.78, 5) is 10.1. The van der Waals surface area contributed by atoms with Crippen LogP contribution in [-0.2, 0) is 9.53 Å². The third-order valence-corrected chi connectivity index (χ3v) is 1.61. The normalized spacial score (nSPS) is 37.6. The summed E-state index contributed by atoms with van der Waals surface area (Å²) in [7, 11) is 0. The van der Waals surface area contributed by atoms with E-state index in [1.165, 1.54) is 0 Å². The van der Waals surface area contributed by atoms with E-state index in [0.29, 0.717) is 0 Å². The van der Waals surface area contributed by atoms with Gasteiger partial charge in [-0.1, -0.05) is 0 Å². The SMILES string of the molecule is C[C@@H]1OCC[C@@H]1C=O. The molecule has 46 valence electrons. The molecule has 0 aromatic heterocycles. The highest BCUT2D eigenvalue weighted by atomic mass is 16.5. The molecule has 2 nitrogen and oxygen atoms in total. The summed E-state index contributed by atoms with van der Waals surface area (Å²) in [5, 5.41) is 0. The zero-order valence-electron chi connectivity index (χ0n) is 4.96. The summed E-state index contributed by atoms with van der Waals surface area (Å²) in [5.41, 5.74) is 0. The molecule has 0 bridgehead atoms. The van der Waals surface area contributed by atoms with Crippen molar-refractivity contribution in [3.05, 3.63) is 0 Å². The summed E-state index contributed by atoms with van der Waals surface area (Å²) in [6.07, 6.45) is 2.05. The first kappa shape index (κ1) is 5.76. The second-order valence-corrected chi connectivity index (χ2v) is 2.16. The van der Waals surface area contributed by atoms with Gasteiger partial charge in [-0.05, 0) is 13.3 Å². The van der Waals surface area contributed by atoms with E-state index < -0.39 is 0 Å². The molecule has 0 radical (unpaired) electrons. The van der Waals surface area contributed by atoms with Gasteiger partial charge in [-0.2, -0.15) is 0 Å². The number of rotatable bonds is 1. The lowest BCUT2D eigenvalue weighted by atomic mass is 10.1. The van der Waals surface area contributed by atoms with E-state index in [-0.39, 0.29) is 12.0 Å². The van der Waals surface area contributed by atoms with Gasteiger partial charge in [0.25, 0.3) is 0 Å². The fraction of sp³-hybridized carbons (Fsp3) is 0.833. The molecular weight excluding hydrogens is 104 g/mol. The van der Waals surface area contributed by atoms with Crippen LogP contribution in [-0.4, -0.2) is 19.0 Å². The van der Waals surface area contributed by atoms with E-state index in [9.17, 15) is 4.79 Å². The summed E-state index contributed by atoms with van der Waals surface area (Å²) in [5.74, 6) is 0.162. The maximum absolute atomic E-state index is 10.1. The van der Waals surface area contributed by atoms with E-state index >= 15 is 0 Å². The van der Waals surface area contributed by atoms with Crippen LogP contribution in [0.25, 0.3) is 0 Å². The standard InChI is InChI=1S/C6H10O2/c1-5-6(4-7)2-3-8-5/h4-6H,2-3H2,1H3/t5-,6+/m0/s1. The molecule has 2 atom stereocenters. The van der Waals surface area contributed by atoms with E-state index in [1.807, 2.05) is 6.92 Å². The van der Waals surface area contributed by atoms with Crippen LogP contribution in [0.5, 0.6) is 0 Å². The molecule has 0 aliphatic carbocycles. The Bertz CT molecular complexity index is 90.5. The molecule has 0 aromatic carbocycles. The first-order valence-electron chi connectivity index (χ1n) is 2.91. The molecule has 0 aromatic rings. The molecule has 1 rings (SSSR count). The Kier molecular flexibility index (Phi) is 1.63. The van der Waals surface area contributed by atoms with Gasteiger partial charge in [-0.25, -0.2) is 0 Å². The lowest BCUT2D eigenvalue weighted by Gasteiger charge is -2.03. The van der Waals surface area contributed by atoms with Gasteiger partial charge in [0.15, 0.2) is 0 Å². The molecule has 8 heavy (non-hydrogen) atoms. The van der Waals surface area contributed by atoms with Gasteiger partial charge in [-0.3, -0.25) is 0 Å². The Morgan fingerprint density at radius 2 is 2.50 bits per heavy atom. The van der Waals surface area contributed by atoms with Gasteiger partial charge in [0, 0.05) is 12.5 Å². The largest absolute Gasteiger partial charge is 0.378 e. The number of carbonyl (C=O) groups excluding carboxylic acids is 1. The Labute approximate surface area is 48.8 Å². The molecule has 1 saturated heterocycles. The molecule has 0 spiro atoms. The Morgan fingerprint density at radius 3 is 2.75 bits per heavy atom. The lowest BCUT2D eigenvalue weighted by molar-refractivity contribution is -0.112. The van der Waals surface area contributed by atoms with Crippen molar-refractivity contribution in [1.29, 1.82) is 0 Å². The minimum Gasteiger partial charge on any atom is -0.378 e. The molecule has 1 heterocycles. The van der Waals surface area contributed by atoms with Crippen LogP contribution in [0, 0.1) is 5.92 Å². The average molecular weight is 114 g/mol. The second-order valence-electron chi connectivity index (χ2n) is 2.16. The molecule has 0 unspecified atom stereocenters. The smallest absolute Gasteiger partial charge is 0.125 e. The number of ether oxygens (including phenoxy) is 1. The van der Waals surface area contributed by atoms with Crippen molar-refractivity contribution < 1.29 is 9.53 Å². The number of hydrogen-bond acceptors (Lipinski definition) is 2. The Balaban J connectivity index is 2.41. The number of carbonyl (C=O) groups is 1. The molecule has 1 aliphatic rings. The van der Waals surface area contributed by atoms with Crippen LogP contribution >= 0.6 is 0 Å². The minimum absolute atomic E-state index is 0.160. The van der Waals surface area contributed by atoms with Crippen molar-refractivity contribution in [1.82, 2.24) is 0 Å². The Morgan fingerprint density at radius 1 is 1.75 bits per heavy atom. The van der Waals surface area contributed by atoms with E-state index in [1.54, 1.807) is 0 Å². The molecular formula is C6H10O2. The summed E-state index contributed by atoms with van der Waals surface area (Å²) in [6.45, 7) is 2.69. The van der Waals surface area contributed by atoms with Crippen molar-refractivity contribution in [3.63, 3.8) is 0 Å². The summed E-state index contributed by atoms with van der Waals surface area (Å²) < 4.78 is 5.13. The summed E-state index contributed by atoms with van der Waals surface area (Å²) >= 11 is 0. The van der Waals surface area contributed by atoms with Gasteiger partial charge in [0.05, 0.1) is 6.10 Å². The van der Waals surface area contributed by atoms with Crippen LogP contribution in [0.1, 0.15) is 13.3 Å². The maximum atomic E-state index is 10.1. The van der Waals surface area contributed by atoms with E-state index in [0.717, 1.165) is 19.3 Å². The minimum atomic E-state index is 0.160. The van der Waals surface area contributed by atoms with Gasteiger partial charge in [0.2, 0.25) is 0 Å². The van der Waals surface area contributed by atoms with Crippen LogP contribution in [0.2, 0.25) is 0 Å². The van der Waals surface area contributed by atoms with E-state index in [4.69, 9.17) is 4.74 Å². The highest BCUT2D eigenvalue weighted by Gasteiger charge is 2.22. The third kappa shape index (κ3) is 0.892. The molecule has 0 N–H and O–H groups in total. The quantitative estimate of drug-likeness (QED) is 0.467. The fourth-order valence-electron chi connectivity index (χ4n) is 0.927. The van der Waals surface area contributed by atoms with Crippen LogP contribution in [0.3, 0.4) is 0 Å². The van der Waals surface area contributed by atoms with Crippen molar-refractivity contribution in [2.45, 2.75) is 19.4 Å². The van der Waals surface area contributed by atoms with Crippen molar-refractivity contribution in [3.8, 4) is 0 Å². The lowest BCUT2D eigenvalue weighted by Crippen LogP contribution is -2.11. The zero-order chi connectivity index (χ0) is 5.98. The van der Waals surface area contributed by atoms with Crippen LogP contribution < -0.4 is 0 Å². The predicted molar refractivity (Wildman–Crippen MR) is 29.6 cm³/mol. The zero-order valence-corrected chi connectivity index (χ0v) is 4.96. The number of aldehydes is 1. The van der Waals surface area contributed by atoms with Crippen molar-refractivity contribution in [2.75, 3.05) is 6.61 Å². The summed E-state index contributed by atoms with van der Waals surface area (Å²) in [6, 6.07) is 0. The highest BCUT2D eigenvalue weighted by Crippen LogP contribution is 2.17. The highest BCUT2D eigenvalue weighted by molar-refractivity contribution is 5.54. The molecule has 0 amide bonds. The molecule has 2 heteroatoms.